The van der Waals surface area contributed by atoms with Gasteiger partial charge in [-0.3, -0.25) is 4.79 Å². The Hall–Kier alpha value is -0.660. The SMILES string of the molecule is C[CH]C(=O)C(C)=N. The Bertz CT molecular complexity index is 96.3. The third-order valence-corrected chi connectivity index (χ3v) is 0.632. The molecule has 2 nitrogen and oxygen atoms in total. The number of hydrogen-bond donors (Lipinski definition) is 1. The molecule has 0 fully saturated rings. The van der Waals surface area contributed by atoms with E-state index < -0.39 is 0 Å². The standard InChI is InChI=1S/C5H8NO/c1-3-5(7)4(2)6/h3,6H,1-2H3. The van der Waals surface area contributed by atoms with Gasteiger partial charge in [0.25, 0.3) is 0 Å². The maximum atomic E-state index is 10.2. The van der Waals surface area contributed by atoms with E-state index in [1.54, 1.807) is 6.92 Å². The van der Waals surface area contributed by atoms with E-state index in [0.29, 0.717) is 0 Å². The molecule has 0 aromatic heterocycles. The summed E-state index contributed by atoms with van der Waals surface area (Å²) in [5, 5.41) is 6.72. The normalized spacial score (nSPS) is 8.29. The molecule has 0 rings (SSSR count). The van der Waals surface area contributed by atoms with Crippen molar-refractivity contribution in [3.63, 3.8) is 0 Å². The van der Waals surface area contributed by atoms with Crippen molar-refractivity contribution in [2.24, 2.45) is 0 Å². The molecule has 0 saturated carbocycles. The Labute approximate surface area is 43.0 Å². The molecule has 0 saturated heterocycles. The van der Waals surface area contributed by atoms with Crippen molar-refractivity contribution in [1.82, 2.24) is 0 Å². The molecule has 0 atom stereocenters. The minimum atomic E-state index is -0.194. The van der Waals surface area contributed by atoms with Crippen molar-refractivity contribution < 1.29 is 4.79 Å². The van der Waals surface area contributed by atoms with Crippen molar-refractivity contribution in [1.29, 1.82) is 5.41 Å². The van der Waals surface area contributed by atoms with E-state index in [1.807, 2.05) is 0 Å². The van der Waals surface area contributed by atoms with Crippen LogP contribution in [0.1, 0.15) is 13.8 Å². The van der Waals surface area contributed by atoms with Crippen LogP contribution in [-0.4, -0.2) is 11.5 Å². The lowest BCUT2D eigenvalue weighted by Gasteiger charge is -1.85. The predicted molar refractivity (Wildman–Crippen MR) is 28.4 cm³/mol. The van der Waals surface area contributed by atoms with Gasteiger partial charge in [-0.2, -0.15) is 0 Å². The molecule has 2 heteroatoms. The van der Waals surface area contributed by atoms with E-state index in [4.69, 9.17) is 5.41 Å². The number of carbonyl (C=O) groups is 1. The Morgan fingerprint density at radius 2 is 2.14 bits per heavy atom. The number of Topliss-reactive ketones (excluding diaryl/α,β-unsaturated/α-hetero) is 1. The number of carbonyl (C=O) groups excluding carboxylic acids is 1. The van der Waals surface area contributed by atoms with Gasteiger partial charge in [-0.25, -0.2) is 0 Å². The summed E-state index contributed by atoms with van der Waals surface area (Å²) >= 11 is 0. The third kappa shape index (κ3) is 2.09. The lowest BCUT2D eigenvalue weighted by Crippen LogP contribution is -2.05. The maximum absolute atomic E-state index is 10.2. The smallest absolute Gasteiger partial charge is 0.179 e. The zero-order valence-electron chi connectivity index (χ0n) is 4.49. The molecule has 0 aromatic carbocycles. The first-order chi connectivity index (χ1) is 3.18. The van der Waals surface area contributed by atoms with E-state index in [1.165, 1.54) is 13.3 Å². The summed E-state index contributed by atoms with van der Waals surface area (Å²) in [6.45, 7) is 3.10. The monoisotopic (exact) mass is 98.1 g/mol. The summed E-state index contributed by atoms with van der Waals surface area (Å²) < 4.78 is 0. The van der Waals surface area contributed by atoms with E-state index in [0.717, 1.165) is 0 Å². The predicted octanol–water partition coefficient (Wildman–Crippen LogP) is 0.819. The van der Waals surface area contributed by atoms with E-state index in [9.17, 15) is 4.79 Å². The molecule has 1 N–H and O–H groups in total. The van der Waals surface area contributed by atoms with Crippen LogP contribution >= 0.6 is 0 Å². The zero-order valence-corrected chi connectivity index (χ0v) is 4.49. The molecule has 0 unspecified atom stereocenters. The molecule has 0 spiro atoms. The van der Waals surface area contributed by atoms with Crippen LogP contribution in [0.5, 0.6) is 0 Å². The lowest BCUT2D eigenvalue weighted by molar-refractivity contribution is -0.110. The van der Waals surface area contributed by atoms with Crippen molar-refractivity contribution in [2.45, 2.75) is 13.8 Å². The second kappa shape index (κ2) is 2.50. The van der Waals surface area contributed by atoms with Gasteiger partial charge in [0.15, 0.2) is 5.78 Å². The highest BCUT2D eigenvalue weighted by molar-refractivity contribution is 6.40. The van der Waals surface area contributed by atoms with Gasteiger partial charge in [-0.05, 0) is 6.92 Å². The van der Waals surface area contributed by atoms with E-state index >= 15 is 0 Å². The van der Waals surface area contributed by atoms with Crippen molar-refractivity contribution in [3.8, 4) is 0 Å². The molecule has 0 heterocycles. The molecule has 0 aromatic rings. The van der Waals surface area contributed by atoms with Crippen molar-refractivity contribution in [2.75, 3.05) is 0 Å². The van der Waals surface area contributed by atoms with Gasteiger partial charge in [-0.1, -0.05) is 6.92 Å². The quantitative estimate of drug-likeness (QED) is 0.510. The van der Waals surface area contributed by atoms with Crippen LogP contribution < -0.4 is 0 Å². The highest BCUT2D eigenvalue weighted by Gasteiger charge is 1.96. The molecule has 1 radical (unpaired) electrons. The van der Waals surface area contributed by atoms with Crippen molar-refractivity contribution in [3.05, 3.63) is 6.42 Å². The molecule has 0 aliphatic carbocycles. The minimum Gasteiger partial charge on any atom is -0.302 e. The Morgan fingerprint density at radius 1 is 1.71 bits per heavy atom. The summed E-state index contributed by atoms with van der Waals surface area (Å²) in [5.41, 5.74) is 0.0995. The van der Waals surface area contributed by atoms with Crippen molar-refractivity contribution >= 4 is 11.5 Å². The molecule has 0 bridgehead atoms. The van der Waals surface area contributed by atoms with Gasteiger partial charge in [-0.15, -0.1) is 0 Å². The van der Waals surface area contributed by atoms with Gasteiger partial charge >= 0.3 is 0 Å². The summed E-state index contributed by atoms with van der Waals surface area (Å²) in [6.07, 6.45) is 1.38. The molecule has 0 aliphatic rings. The van der Waals surface area contributed by atoms with Gasteiger partial charge in [0.05, 0.1) is 5.71 Å². The molecule has 0 amide bonds. The average molecular weight is 98.1 g/mol. The number of rotatable bonds is 2. The first-order valence-corrected chi connectivity index (χ1v) is 2.07. The Balaban J connectivity index is 3.58. The number of nitrogens with one attached hydrogen (secondary N) is 1. The summed E-state index contributed by atoms with van der Waals surface area (Å²) in [5.74, 6) is -0.194. The van der Waals surface area contributed by atoms with Crippen LogP contribution in [0.25, 0.3) is 0 Å². The van der Waals surface area contributed by atoms with Crippen LogP contribution in [0.15, 0.2) is 0 Å². The molecule has 7 heavy (non-hydrogen) atoms. The van der Waals surface area contributed by atoms with Gasteiger partial charge < -0.3 is 5.41 Å². The Kier molecular flexibility index (Phi) is 2.27. The molecule has 39 valence electrons. The summed E-state index contributed by atoms with van der Waals surface area (Å²) in [6, 6.07) is 0. The fourth-order valence-corrected chi connectivity index (χ4v) is 0.217. The van der Waals surface area contributed by atoms with Crippen LogP contribution in [0.3, 0.4) is 0 Å². The fraction of sp³-hybridized carbons (Fsp3) is 0.400. The van der Waals surface area contributed by atoms with Crippen LogP contribution in [0.4, 0.5) is 0 Å². The van der Waals surface area contributed by atoms with Crippen LogP contribution in [0.2, 0.25) is 0 Å². The largest absolute Gasteiger partial charge is 0.302 e. The van der Waals surface area contributed by atoms with Gasteiger partial charge in [0.2, 0.25) is 0 Å². The summed E-state index contributed by atoms with van der Waals surface area (Å²) in [7, 11) is 0. The topological polar surface area (TPSA) is 40.9 Å². The van der Waals surface area contributed by atoms with Crippen LogP contribution in [-0.2, 0) is 4.79 Å². The number of hydrogen-bond acceptors (Lipinski definition) is 2. The van der Waals surface area contributed by atoms with E-state index in [-0.39, 0.29) is 11.5 Å². The number of ketones is 1. The lowest BCUT2D eigenvalue weighted by atomic mass is 10.2. The fourth-order valence-electron chi connectivity index (χ4n) is 0.217. The summed E-state index contributed by atoms with van der Waals surface area (Å²) in [4.78, 5) is 10.2. The first kappa shape index (κ1) is 6.34. The highest BCUT2D eigenvalue weighted by Crippen LogP contribution is 1.78. The first-order valence-electron chi connectivity index (χ1n) is 2.07. The zero-order chi connectivity index (χ0) is 5.86. The molecule has 0 aliphatic heterocycles. The second-order valence-electron chi connectivity index (χ2n) is 1.28. The maximum Gasteiger partial charge on any atom is 0.179 e. The van der Waals surface area contributed by atoms with Crippen LogP contribution in [0, 0.1) is 11.8 Å². The Morgan fingerprint density at radius 3 is 2.14 bits per heavy atom. The van der Waals surface area contributed by atoms with E-state index in [2.05, 4.69) is 0 Å². The molecular formula is C5H8NO. The second-order valence-corrected chi connectivity index (χ2v) is 1.28. The average Bonchev–Trinajstić information content (AvgIpc) is 1.65. The minimum absolute atomic E-state index is 0.0995. The third-order valence-electron chi connectivity index (χ3n) is 0.632. The molecular weight excluding hydrogens is 90.1 g/mol. The van der Waals surface area contributed by atoms with Gasteiger partial charge in [0.1, 0.15) is 0 Å². The van der Waals surface area contributed by atoms with Gasteiger partial charge in [0, 0.05) is 6.42 Å². The highest BCUT2D eigenvalue weighted by atomic mass is 16.1.